The fraction of sp³-hybridized carbons (Fsp3) is 0.500. The zero-order valence-corrected chi connectivity index (χ0v) is 10.2. The van der Waals surface area contributed by atoms with Gasteiger partial charge in [0, 0.05) is 11.4 Å². The minimum absolute atomic E-state index is 0.463. The van der Waals surface area contributed by atoms with Gasteiger partial charge in [-0.05, 0) is 24.0 Å². The maximum Gasteiger partial charge on any atom is 0.113 e. The quantitative estimate of drug-likeness (QED) is 0.831. The number of aromatic nitrogens is 4. The van der Waals surface area contributed by atoms with Crippen LogP contribution in [0.1, 0.15) is 50.9 Å². The van der Waals surface area contributed by atoms with Crippen LogP contribution in [0.5, 0.6) is 0 Å². The van der Waals surface area contributed by atoms with Gasteiger partial charge in [0.25, 0.3) is 0 Å². The van der Waals surface area contributed by atoms with Gasteiger partial charge in [-0.25, -0.2) is 0 Å². The third-order valence-corrected chi connectivity index (χ3v) is 2.70. The first-order valence-corrected chi connectivity index (χ1v) is 5.69. The number of H-pyrrole nitrogens is 2. The molecule has 0 atom stereocenters. The molecule has 0 aliphatic carbocycles. The summed E-state index contributed by atoms with van der Waals surface area (Å²) in [6.07, 6.45) is 0. The molecular weight excluding hydrogens is 200 g/mol. The molecule has 0 radical (unpaired) electrons. The van der Waals surface area contributed by atoms with Gasteiger partial charge in [0.2, 0.25) is 0 Å². The average molecular weight is 218 g/mol. The number of hydrogen-bond donors (Lipinski definition) is 2. The van der Waals surface area contributed by atoms with E-state index in [4.69, 9.17) is 0 Å². The molecule has 0 aliphatic heterocycles. The summed E-state index contributed by atoms with van der Waals surface area (Å²) in [6, 6.07) is 4.12. The first-order valence-electron chi connectivity index (χ1n) is 5.69. The lowest BCUT2D eigenvalue weighted by molar-refractivity contribution is 0.809. The first-order chi connectivity index (χ1) is 7.58. The van der Waals surface area contributed by atoms with Crippen molar-refractivity contribution in [2.45, 2.75) is 39.5 Å². The second-order valence-corrected chi connectivity index (χ2v) is 4.73. The molecular formula is C12H18N4. The monoisotopic (exact) mass is 218 g/mol. The molecule has 0 aromatic carbocycles. The lowest BCUT2D eigenvalue weighted by atomic mass is 10.1. The Bertz CT molecular complexity index is 421. The molecule has 0 amide bonds. The van der Waals surface area contributed by atoms with Gasteiger partial charge < -0.3 is 0 Å². The molecule has 0 fully saturated rings. The topological polar surface area (TPSA) is 57.4 Å². The molecule has 0 unspecified atom stereocenters. The van der Waals surface area contributed by atoms with Crippen LogP contribution in [0.4, 0.5) is 0 Å². The lowest BCUT2D eigenvalue weighted by Crippen LogP contribution is -1.85. The van der Waals surface area contributed by atoms with Crippen molar-refractivity contribution in [1.82, 2.24) is 20.4 Å². The lowest BCUT2D eigenvalue weighted by Gasteiger charge is -1.96. The van der Waals surface area contributed by atoms with Crippen LogP contribution in [0, 0.1) is 0 Å². The zero-order valence-electron chi connectivity index (χ0n) is 10.2. The van der Waals surface area contributed by atoms with Gasteiger partial charge in [0.1, 0.15) is 11.4 Å². The summed E-state index contributed by atoms with van der Waals surface area (Å²) in [5.74, 6) is 0.925. The van der Waals surface area contributed by atoms with Crippen molar-refractivity contribution < 1.29 is 0 Å². The largest absolute Gasteiger partial charge is 0.282 e. The fourth-order valence-electron chi connectivity index (χ4n) is 1.53. The van der Waals surface area contributed by atoms with E-state index in [1.807, 2.05) is 0 Å². The normalized spacial score (nSPS) is 11.6. The van der Waals surface area contributed by atoms with E-state index in [0.717, 1.165) is 22.8 Å². The summed E-state index contributed by atoms with van der Waals surface area (Å²) in [7, 11) is 0. The number of nitrogens with zero attached hydrogens (tertiary/aromatic N) is 2. The van der Waals surface area contributed by atoms with Crippen LogP contribution in [-0.4, -0.2) is 20.4 Å². The molecule has 0 spiro atoms. The standard InChI is InChI=1S/C12H18N4/c1-7(2)9-5-11(15-13-9)12-6-10(8(3)4)14-16-12/h5-8H,1-4H3,(H,13,15)(H,14,16). The Kier molecular flexibility index (Phi) is 2.81. The molecule has 0 saturated carbocycles. The molecule has 2 heterocycles. The highest BCUT2D eigenvalue weighted by Crippen LogP contribution is 2.22. The predicted molar refractivity (Wildman–Crippen MR) is 64.3 cm³/mol. The number of nitrogens with one attached hydrogen (secondary N) is 2. The van der Waals surface area contributed by atoms with E-state index in [-0.39, 0.29) is 0 Å². The number of hydrogen-bond acceptors (Lipinski definition) is 2. The highest BCUT2D eigenvalue weighted by molar-refractivity contribution is 5.54. The van der Waals surface area contributed by atoms with E-state index >= 15 is 0 Å². The van der Waals surface area contributed by atoms with Crippen LogP contribution in [0.2, 0.25) is 0 Å². The highest BCUT2D eigenvalue weighted by Gasteiger charge is 2.11. The van der Waals surface area contributed by atoms with E-state index in [2.05, 4.69) is 60.2 Å². The molecule has 2 rings (SSSR count). The number of rotatable bonds is 3. The third kappa shape index (κ3) is 2.01. The van der Waals surface area contributed by atoms with E-state index in [1.165, 1.54) is 0 Å². The minimum atomic E-state index is 0.463. The van der Waals surface area contributed by atoms with Crippen LogP contribution in [0.3, 0.4) is 0 Å². The predicted octanol–water partition coefficient (Wildman–Crippen LogP) is 3.05. The van der Waals surface area contributed by atoms with Crippen molar-refractivity contribution in [3.63, 3.8) is 0 Å². The van der Waals surface area contributed by atoms with Crippen LogP contribution in [-0.2, 0) is 0 Å². The van der Waals surface area contributed by atoms with Crippen molar-refractivity contribution in [3.05, 3.63) is 23.5 Å². The van der Waals surface area contributed by atoms with E-state index < -0.39 is 0 Å². The van der Waals surface area contributed by atoms with Crippen molar-refractivity contribution in [2.75, 3.05) is 0 Å². The summed E-state index contributed by atoms with van der Waals surface area (Å²) in [6.45, 7) is 8.56. The average Bonchev–Trinajstić information content (AvgIpc) is 2.86. The summed E-state index contributed by atoms with van der Waals surface area (Å²) >= 11 is 0. The van der Waals surface area contributed by atoms with Crippen molar-refractivity contribution in [2.24, 2.45) is 0 Å². The highest BCUT2D eigenvalue weighted by atomic mass is 15.2. The molecule has 0 bridgehead atoms. The van der Waals surface area contributed by atoms with Gasteiger partial charge >= 0.3 is 0 Å². The zero-order chi connectivity index (χ0) is 11.7. The van der Waals surface area contributed by atoms with Gasteiger partial charge in [0.05, 0.1) is 0 Å². The first kappa shape index (κ1) is 10.9. The molecule has 16 heavy (non-hydrogen) atoms. The molecule has 2 aromatic rings. The Morgan fingerprint density at radius 2 is 1.19 bits per heavy atom. The fourth-order valence-corrected chi connectivity index (χ4v) is 1.53. The Labute approximate surface area is 95.5 Å². The summed E-state index contributed by atoms with van der Waals surface area (Å²) in [5.41, 5.74) is 4.10. The molecule has 4 heteroatoms. The maximum atomic E-state index is 4.27. The van der Waals surface area contributed by atoms with Crippen molar-refractivity contribution >= 4 is 0 Å². The van der Waals surface area contributed by atoms with Crippen LogP contribution in [0.25, 0.3) is 11.4 Å². The van der Waals surface area contributed by atoms with Crippen LogP contribution < -0.4 is 0 Å². The maximum absolute atomic E-state index is 4.27. The van der Waals surface area contributed by atoms with Crippen molar-refractivity contribution in [1.29, 1.82) is 0 Å². The Hall–Kier alpha value is -1.58. The SMILES string of the molecule is CC(C)c1cc(-c2cc(C(C)C)[nH]n2)n[nH]1. The van der Waals surface area contributed by atoms with Gasteiger partial charge in [-0.15, -0.1) is 0 Å². The molecule has 4 nitrogen and oxygen atoms in total. The third-order valence-electron chi connectivity index (χ3n) is 2.70. The molecule has 86 valence electrons. The molecule has 0 aliphatic rings. The number of aromatic amines is 2. The van der Waals surface area contributed by atoms with Crippen LogP contribution >= 0.6 is 0 Å². The Morgan fingerprint density at radius 3 is 1.44 bits per heavy atom. The smallest absolute Gasteiger partial charge is 0.113 e. The molecule has 0 saturated heterocycles. The van der Waals surface area contributed by atoms with E-state index in [9.17, 15) is 0 Å². The van der Waals surface area contributed by atoms with Crippen molar-refractivity contribution in [3.8, 4) is 11.4 Å². The second-order valence-electron chi connectivity index (χ2n) is 4.73. The van der Waals surface area contributed by atoms with Gasteiger partial charge in [-0.1, -0.05) is 27.7 Å². The summed E-state index contributed by atoms with van der Waals surface area (Å²) in [4.78, 5) is 0. The second kappa shape index (κ2) is 4.12. The summed E-state index contributed by atoms with van der Waals surface area (Å²) in [5, 5.41) is 14.6. The van der Waals surface area contributed by atoms with Crippen LogP contribution in [0.15, 0.2) is 12.1 Å². The van der Waals surface area contributed by atoms with Gasteiger partial charge in [-0.3, -0.25) is 10.2 Å². The van der Waals surface area contributed by atoms with Gasteiger partial charge in [0.15, 0.2) is 0 Å². The molecule has 2 aromatic heterocycles. The Balaban J connectivity index is 2.28. The summed E-state index contributed by atoms with van der Waals surface area (Å²) < 4.78 is 0. The van der Waals surface area contributed by atoms with E-state index in [1.54, 1.807) is 0 Å². The Morgan fingerprint density at radius 1 is 0.812 bits per heavy atom. The molecule has 2 N–H and O–H groups in total. The minimum Gasteiger partial charge on any atom is -0.282 e. The van der Waals surface area contributed by atoms with Gasteiger partial charge in [-0.2, -0.15) is 10.2 Å². The van der Waals surface area contributed by atoms with E-state index in [0.29, 0.717) is 11.8 Å².